The minimum Gasteiger partial charge on any atom is -0.330 e. The lowest BCUT2D eigenvalue weighted by Crippen LogP contribution is -1.99. The van der Waals surface area contributed by atoms with Crippen LogP contribution in [-0.2, 0) is 6.42 Å². The number of aryl methyl sites for hydroxylation is 1. The van der Waals surface area contributed by atoms with E-state index in [1.54, 1.807) is 0 Å². The van der Waals surface area contributed by atoms with Gasteiger partial charge in [-0.1, -0.05) is 11.3 Å². The van der Waals surface area contributed by atoms with Gasteiger partial charge in [0.05, 0.1) is 11.0 Å². The van der Waals surface area contributed by atoms with Crippen molar-refractivity contribution in [2.75, 3.05) is 6.54 Å². The van der Waals surface area contributed by atoms with E-state index in [1.807, 2.05) is 0 Å². The molecule has 2 aromatic rings. The molecule has 2 rings (SSSR count). The lowest BCUT2D eigenvalue weighted by molar-refractivity contribution is -0.385. The molecule has 0 bridgehead atoms. The third kappa shape index (κ3) is 3.30. The average Bonchev–Trinajstić information content (AvgIpc) is 2.84. The predicted molar refractivity (Wildman–Crippen MR) is 69.3 cm³/mol. The molecule has 0 saturated carbocycles. The minimum atomic E-state index is -0.664. The van der Waals surface area contributed by atoms with Crippen LogP contribution >= 0.6 is 11.3 Å². The zero-order valence-electron chi connectivity index (χ0n) is 9.88. The fourth-order valence-corrected chi connectivity index (χ4v) is 2.40. The molecule has 0 atom stereocenters. The first-order chi connectivity index (χ1) is 9.10. The summed E-state index contributed by atoms with van der Waals surface area (Å²) in [6.07, 6.45) is 1.49. The Hall–Kier alpha value is -1.93. The van der Waals surface area contributed by atoms with Crippen LogP contribution in [0.3, 0.4) is 0 Å². The summed E-state index contributed by atoms with van der Waals surface area (Å²) in [7, 11) is 0. The third-order valence-electron chi connectivity index (χ3n) is 2.40. The zero-order valence-corrected chi connectivity index (χ0v) is 10.7. The molecule has 1 aromatic carbocycles. The summed E-state index contributed by atoms with van der Waals surface area (Å²) in [5.41, 5.74) is 5.47. The smallest absolute Gasteiger partial charge is 0.273 e. The van der Waals surface area contributed by atoms with Gasteiger partial charge in [-0.2, -0.15) is 0 Å². The van der Waals surface area contributed by atoms with Crippen molar-refractivity contribution in [2.24, 2.45) is 5.73 Å². The van der Waals surface area contributed by atoms with E-state index in [9.17, 15) is 14.5 Å². The number of aromatic nitrogens is 2. The average molecular weight is 282 g/mol. The summed E-state index contributed by atoms with van der Waals surface area (Å²) >= 11 is 1.29. The summed E-state index contributed by atoms with van der Waals surface area (Å²) in [4.78, 5) is 10.0. The SMILES string of the molecule is NCCCc1nnc(-c2cc(F)cc([N+](=O)[O-])c2)s1. The lowest BCUT2D eigenvalue weighted by Gasteiger charge is -1.97. The summed E-state index contributed by atoms with van der Waals surface area (Å²) < 4.78 is 13.3. The van der Waals surface area contributed by atoms with Crippen LogP contribution in [0.25, 0.3) is 10.6 Å². The highest BCUT2D eigenvalue weighted by molar-refractivity contribution is 7.14. The molecule has 2 N–H and O–H groups in total. The Bertz CT molecular complexity index is 602. The first-order valence-corrected chi connectivity index (χ1v) is 6.39. The van der Waals surface area contributed by atoms with Crippen LogP contribution in [0.2, 0.25) is 0 Å². The molecule has 100 valence electrons. The molecule has 1 aromatic heterocycles. The van der Waals surface area contributed by atoms with Gasteiger partial charge in [-0.3, -0.25) is 10.1 Å². The third-order valence-corrected chi connectivity index (χ3v) is 3.43. The van der Waals surface area contributed by atoms with Gasteiger partial charge in [0, 0.05) is 18.1 Å². The molecular formula is C11H11FN4O2S. The maximum atomic E-state index is 13.3. The van der Waals surface area contributed by atoms with Crippen LogP contribution in [-0.4, -0.2) is 21.7 Å². The van der Waals surface area contributed by atoms with Gasteiger partial charge in [0.2, 0.25) is 0 Å². The van der Waals surface area contributed by atoms with E-state index in [0.29, 0.717) is 23.5 Å². The fourth-order valence-electron chi connectivity index (χ4n) is 1.53. The number of non-ortho nitro benzene ring substituents is 1. The van der Waals surface area contributed by atoms with E-state index in [1.165, 1.54) is 23.5 Å². The number of benzene rings is 1. The number of hydrogen-bond acceptors (Lipinski definition) is 6. The van der Waals surface area contributed by atoms with Crippen molar-refractivity contribution in [3.8, 4) is 10.6 Å². The number of rotatable bonds is 5. The van der Waals surface area contributed by atoms with Gasteiger partial charge in [0.25, 0.3) is 5.69 Å². The molecule has 0 unspecified atom stereocenters. The van der Waals surface area contributed by atoms with Gasteiger partial charge in [-0.05, 0) is 19.0 Å². The number of nitrogens with two attached hydrogens (primary N) is 1. The standard InChI is InChI=1S/C11H11FN4O2S/c12-8-4-7(5-9(6-8)16(17)18)11-15-14-10(19-11)2-1-3-13/h4-6H,1-3,13H2. The van der Waals surface area contributed by atoms with Crippen LogP contribution in [0, 0.1) is 15.9 Å². The largest absolute Gasteiger partial charge is 0.330 e. The van der Waals surface area contributed by atoms with Gasteiger partial charge >= 0.3 is 0 Å². The second-order valence-electron chi connectivity index (χ2n) is 3.85. The maximum absolute atomic E-state index is 13.3. The summed E-state index contributed by atoms with van der Waals surface area (Å²) in [6, 6.07) is 3.37. The van der Waals surface area contributed by atoms with Gasteiger partial charge in [0.1, 0.15) is 15.8 Å². The van der Waals surface area contributed by atoms with E-state index in [0.717, 1.165) is 17.5 Å². The quantitative estimate of drug-likeness (QED) is 0.669. The molecule has 0 radical (unpaired) electrons. The van der Waals surface area contributed by atoms with Crippen LogP contribution in [0.1, 0.15) is 11.4 Å². The van der Waals surface area contributed by atoms with Gasteiger partial charge in [-0.25, -0.2) is 4.39 Å². The number of hydrogen-bond donors (Lipinski definition) is 1. The summed E-state index contributed by atoms with van der Waals surface area (Å²) in [5, 5.41) is 19.8. The van der Waals surface area contributed by atoms with Crippen LogP contribution in [0.15, 0.2) is 18.2 Å². The van der Waals surface area contributed by atoms with E-state index >= 15 is 0 Å². The van der Waals surface area contributed by atoms with Crippen molar-refractivity contribution >= 4 is 17.0 Å². The molecule has 19 heavy (non-hydrogen) atoms. The Balaban J connectivity index is 2.30. The molecular weight excluding hydrogens is 271 g/mol. The first-order valence-electron chi connectivity index (χ1n) is 5.58. The molecule has 0 spiro atoms. The highest BCUT2D eigenvalue weighted by Crippen LogP contribution is 2.28. The van der Waals surface area contributed by atoms with Crippen molar-refractivity contribution in [3.63, 3.8) is 0 Å². The number of halogens is 1. The second kappa shape index (κ2) is 5.81. The predicted octanol–water partition coefficient (Wildman–Crippen LogP) is 2.14. The van der Waals surface area contributed by atoms with Crippen molar-refractivity contribution < 1.29 is 9.31 Å². The van der Waals surface area contributed by atoms with Gasteiger partial charge in [0.15, 0.2) is 0 Å². The molecule has 0 amide bonds. The zero-order chi connectivity index (χ0) is 13.8. The van der Waals surface area contributed by atoms with Crippen molar-refractivity contribution in [1.82, 2.24) is 10.2 Å². The van der Waals surface area contributed by atoms with E-state index in [-0.39, 0.29) is 5.69 Å². The topological polar surface area (TPSA) is 94.9 Å². The van der Waals surface area contributed by atoms with Crippen molar-refractivity contribution in [2.45, 2.75) is 12.8 Å². The Morgan fingerprint density at radius 3 is 2.84 bits per heavy atom. The van der Waals surface area contributed by atoms with E-state index < -0.39 is 10.7 Å². The normalized spacial score (nSPS) is 10.6. The molecule has 0 fully saturated rings. The van der Waals surface area contributed by atoms with Crippen molar-refractivity contribution in [3.05, 3.63) is 39.1 Å². The van der Waals surface area contributed by atoms with E-state index in [2.05, 4.69) is 10.2 Å². The molecule has 0 aliphatic rings. The summed E-state index contributed by atoms with van der Waals surface area (Å²) in [6.45, 7) is 0.556. The van der Waals surface area contributed by atoms with Gasteiger partial charge < -0.3 is 5.73 Å². The first kappa shape index (κ1) is 13.5. The van der Waals surface area contributed by atoms with Crippen LogP contribution in [0.5, 0.6) is 0 Å². The van der Waals surface area contributed by atoms with Crippen molar-refractivity contribution in [1.29, 1.82) is 0 Å². The Kier molecular flexibility index (Phi) is 4.13. The van der Waals surface area contributed by atoms with Gasteiger partial charge in [-0.15, -0.1) is 10.2 Å². The summed E-state index contributed by atoms with van der Waals surface area (Å²) in [5.74, 6) is -0.664. The maximum Gasteiger partial charge on any atom is 0.273 e. The van der Waals surface area contributed by atoms with Crippen LogP contribution in [0.4, 0.5) is 10.1 Å². The number of nitro groups is 1. The monoisotopic (exact) mass is 282 g/mol. The van der Waals surface area contributed by atoms with Crippen LogP contribution < -0.4 is 5.73 Å². The second-order valence-corrected chi connectivity index (χ2v) is 4.91. The Morgan fingerprint density at radius 1 is 1.37 bits per heavy atom. The Labute approximate surface area is 112 Å². The number of nitrogens with zero attached hydrogens (tertiary/aromatic N) is 3. The number of nitro benzene ring substituents is 1. The molecule has 6 nitrogen and oxygen atoms in total. The Morgan fingerprint density at radius 2 is 2.16 bits per heavy atom. The molecule has 0 saturated heterocycles. The molecule has 0 aliphatic carbocycles. The lowest BCUT2D eigenvalue weighted by atomic mass is 10.2. The highest BCUT2D eigenvalue weighted by Gasteiger charge is 2.14. The molecule has 8 heteroatoms. The highest BCUT2D eigenvalue weighted by atomic mass is 32.1. The molecule has 1 heterocycles. The molecule has 0 aliphatic heterocycles. The fraction of sp³-hybridized carbons (Fsp3) is 0.273. The van der Waals surface area contributed by atoms with E-state index in [4.69, 9.17) is 5.73 Å². The minimum absolute atomic E-state index is 0.297.